The lowest BCUT2D eigenvalue weighted by Gasteiger charge is -2.13. The number of nitrogens with zero attached hydrogens (tertiary/aromatic N) is 3. The van der Waals surface area contributed by atoms with Gasteiger partial charge in [0.05, 0.1) is 22.2 Å². The van der Waals surface area contributed by atoms with Crippen molar-refractivity contribution in [2.75, 3.05) is 0 Å². The SMILES string of the molecule is c1ccc(-c2ccc(-c3nc(-n4c5ccc6ccc7ccc8ccc9sc%10ccc4c4c%10c9c8c7c6c45)nc4ccccc34)cc2)cc1. The minimum Gasteiger partial charge on any atom is -0.278 e. The average molecular weight is 626 g/mol. The van der Waals surface area contributed by atoms with E-state index in [1.165, 1.54) is 74.4 Å². The highest BCUT2D eigenvalue weighted by Crippen LogP contribution is 2.52. The molecule has 0 radical (unpaired) electrons. The Bertz CT molecular complexity index is 3200. The molecule has 0 aliphatic carbocycles. The highest BCUT2D eigenvalue weighted by Gasteiger charge is 2.26. The Hall–Kier alpha value is -6.10. The molecule has 0 unspecified atom stereocenters. The Morgan fingerprint density at radius 2 is 0.917 bits per heavy atom. The van der Waals surface area contributed by atoms with Crippen molar-refractivity contribution in [3.63, 3.8) is 0 Å². The molecule has 0 bridgehead atoms. The van der Waals surface area contributed by atoms with E-state index in [0.717, 1.165) is 33.2 Å². The largest absolute Gasteiger partial charge is 0.278 e. The fraction of sp³-hybridized carbons (Fsp3) is 0. The van der Waals surface area contributed by atoms with Gasteiger partial charge in [-0.05, 0) is 68.4 Å². The Labute approximate surface area is 277 Å². The molecule has 0 fully saturated rings. The van der Waals surface area contributed by atoms with E-state index >= 15 is 0 Å². The fourth-order valence-corrected chi connectivity index (χ4v) is 9.56. The normalized spacial score (nSPS) is 12.6. The first-order valence-corrected chi connectivity index (χ1v) is 17.2. The van der Waals surface area contributed by atoms with E-state index in [-0.39, 0.29) is 0 Å². The summed E-state index contributed by atoms with van der Waals surface area (Å²) >= 11 is 1.90. The predicted octanol–water partition coefficient (Wildman–Crippen LogP) is 12.2. The molecule has 0 saturated carbocycles. The van der Waals surface area contributed by atoms with Crippen molar-refractivity contribution in [2.45, 2.75) is 0 Å². The molecule has 0 aliphatic heterocycles. The molecule has 0 atom stereocenters. The summed E-state index contributed by atoms with van der Waals surface area (Å²) in [6.45, 7) is 0. The first-order valence-electron chi connectivity index (χ1n) is 16.3. The lowest BCUT2D eigenvalue weighted by atomic mass is 9.94. The van der Waals surface area contributed by atoms with Gasteiger partial charge in [-0.3, -0.25) is 4.57 Å². The fourth-order valence-electron chi connectivity index (χ4n) is 8.44. The second-order valence-corrected chi connectivity index (χ2v) is 14.0. The molecule has 220 valence electrons. The molecule has 3 aromatic heterocycles. The topological polar surface area (TPSA) is 30.7 Å². The zero-order valence-corrected chi connectivity index (χ0v) is 26.3. The summed E-state index contributed by atoms with van der Waals surface area (Å²) in [7, 11) is 0. The third kappa shape index (κ3) is 3.08. The summed E-state index contributed by atoms with van der Waals surface area (Å²) in [5.41, 5.74) is 7.63. The second-order valence-electron chi connectivity index (χ2n) is 12.9. The summed E-state index contributed by atoms with van der Waals surface area (Å²) in [6.07, 6.45) is 0. The number of aromatic nitrogens is 3. The van der Waals surface area contributed by atoms with Crippen LogP contribution in [0.3, 0.4) is 0 Å². The van der Waals surface area contributed by atoms with Crippen molar-refractivity contribution in [3.8, 4) is 28.3 Å². The van der Waals surface area contributed by atoms with Gasteiger partial charge in [-0.25, -0.2) is 9.97 Å². The Morgan fingerprint density at radius 3 is 1.69 bits per heavy atom. The van der Waals surface area contributed by atoms with Gasteiger partial charge in [0.1, 0.15) is 0 Å². The van der Waals surface area contributed by atoms with Crippen molar-refractivity contribution in [2.24, 2.45) is 0 Å². The van der Waals surface area contributed by atoms with Crippen LogP contribution in [0.1, 0.15) is 0 Å². The summed E-state index contributed by atoms with van der Waals surface area (Å²) in [5.74, 6) is 0.695. The van der Waals surface area contributed by atoms with Gasteiger partial charge in [0.15, 0.2) is 0 Å². The number of rotatable bonds is 3. The van der Waals surface area contributed by atoms with Crippen LogP contribution < -0.4 is 0 Å². The summed E-state index contributed by atoms with van der Waals surface area (Å²) < 4.78 is 4.98. The first-order chi connectivity index (χ1) is 23.8. The number of benzene rings is 8. The van der Waals surface area contributed by atoms with E-state index in [0.29, 0.717) is 5.95 Å². The van der Waals surface area contributed by atoms with E-state index in [1.807, 2.05) is 11.3 Å². The van der Waals surface area contributed by atoms with Crippen molar-refractivity contribution in [1.82, 2.24) is 14.5 Å². The number of hydrogen-bond donors (Lipinski definition) is 0. The summed E-state index contributed by atoms with van der Waals surface area (Å²) in [6, 6.07) is 50.6. The van der Waals surface area contributed by atoms with E-state index < -0.39 is 0 Å². The first kappa shape index (κ1) is 25.0. The molecule has 4 heteroatoms. The van der Waals surface area contributed by atoms with Crippen LogP contribution in [-0.4, -0.2) is 14.5 Å². The molecule has 0 spiro atoms. The molecule has 0 amide bonds. The molecule has 0 aliphatic rings. The minimum absolute atomic E-state index is 0.695. The monoisotopic (exact) mass is 625 g/mol. The Kier molecular flexibility index (Phi) is 4.60. The average Bonchev–Trinajstić information content (AvgIpc) is 3.65. The van der Waals surface area contributed by atoms with E-state index in [1.54, 1.807) is 0 Å². The van der Waals surface area contributed by atoms with Crippen LogP contribution in [-0.2, 0) is 0 Å². The number of para-hydroxylation sites is 1. The van der Waals surface area contributed by atoms with Crippen LogP contribution in [0.2, 0.25) is 0 Å². The molecule has 0 N–H and O–H groups in total. The van der Waals surface area contributed by atoms with Crippen LogP contribution in [0, 0.1) is 0 Å². The molecular formula is C44H23N3S. The van der Waals surface area contributed by atoms with Crippen LogP contribution in [0.4, 0.5) is 0 Å². The third-order valence-corrected chi connectivity index (χ3v) is 11.6. The van der Waals surface area contributed by atoms with Crippen molar-refractivity contribution < 1.29 is 0 Å². The van der Waals surface area contributed by atoms with Crippen molar-refractivity contribution in [1.29, 1.82) is 0 Å². The van der Waals surface area contributed by atoms with Gasteiger partial charge in [-0.2, -0.15) is 0 Å². The molecule has 3 heterocycles. The van der Waals surface area contributed by atoms with Crippen LogP contribution >= 0.6 is 11.3 Å². The smallest absolute Gasteiger partial charge is 0.235 e. The molecule has 12 aromatic rings. The van der Waals surface area contributed by atoms with Gasteiger partial charge >= 0.3 is 0 Å². The predicted molar refractivity (Wildman–Crippen MR) is 204 cm³/mol. The maximum absolute atomic E-state index is 5.42. The molecule has 12 rings (SSSR count). The standard InChI is InChI=1S/C44H23N3S/c1-2-6-24(7-3-1)25-10-16-29(17-11-25)43-30-8-4-5-9-31(30)45-44(46-43)47-32-20-18-27-14-12-26-13-15-28-19-22-34-41-38(28)36(26)37(27)39(32)40-33(47)21-23-35(48-34)42(40)41/h1-23H. The van der Waals surface area contributed by atoms with Crippen molar-refractivity contribution in [3.05, 3.63) is 140 Å². The van der Waals surface area contributed by atoms with Gasteiger partial charge in [0, 0.05) is 47.3 Å². The summed E-state index contributed by atoms with van der Waals surface area (Å²) in [5, 5.41) is 14.3. The Morgan fingerprint density at radius 1 is 0.396 bits per heavy atom. The van der Waals surface area contributed by atoms with Gasteiger partial charge in [-0.1, -0.05) is 109 Å². The minimum atomic E-state index is 0.695. The number of fused-ring (bicyclic) bond motifs is 1. The van der Waals surface area contributed by atoms with Gasteiger partial charge in [-0.15, -0.1) is 11.3 Å². The van der Waals surface area contributed by atoms with Gasteiger partial charge in [0.2, 0.25) is 5.95 Å². The molecule has 9 aromatic carbocycles. The van der Waals surface area contributed by atoms with Gasteiger partial charge in [0.25, 0.3) is 0 Å². The maximum atomic E-state index is 5.42. The van der Waals surface area contributed by atoms with Crippen LogP contribution in [0.25, 0.3) is 114 Å². The summed E-state index contributed by atoms with van der Waals surface area (Å²) in [4.78, 5) is 10.7. The zero-order chi connectivity index (χ0) is 31.1. The molecule has 0 saturated heterocycles. The Balaban J connectivity index is 1.22. The second kappa shape index (κ2) is 8.82. The molecule has 3 nitrogen and oxygen atoms in total. The van der Waals surface area contributed by atoms with Crippen LogP contribution in [0.15, 0.2) is 140 Å². The van der Waals surface area contributed by atoms with E-state index in [9.17, 15) is 0 Å². The van der Waals surface area contributed by atoms with E-state index in [4.69, 9.17) is 9.97 Å². The lowest BCUT2D eigenvalue weighted by Crippen LogP contribution is -2.03. The number of hydrogen-bond acceptors (Lipinski definition) is 3. The molecular weight excluding hydrogens is 603 g/mol. The van der Waals surface area contributed by atoms with E-state index in [2.05, 4.69) is 144 Å². The highest BCUT2D eigenvalue weighted by molar-refractivity contribution is 7.26. The maximum Gasteiger partial charge on any atom is 0.235 e. The lowest BCUT2D eigenvalue weighted by molar-refractivity contribution is 1.01. The van der Waals surface area contributed by atoms with Gasteiger partial charge < -0.3 is 0 Å². The van der Waals surface area contributed by atoms with Crippen LogP contribution in [0.5, 0.6) is 0 Å². The molecule has 48 heavy (non-hydrogen) atoms. The van der Waals surface area contributed by atoms with Crippen molar-refractivity contribution >= 4 is 96.5 Å². The third-order valence-electron chi connectivity index (χ3n) is 10.5. The highest BCUT2D eigenvalue weighted by atomic mass is 32.1. The zero-order valence-electron chi connectivity index (χ0n) is 25.5. The quantitative estimate of drug-likeness (QED) is 0.183. The number of thiophene rings is 1.